The van der Waals surface area contributed by atoms with Crippen molar-refractivity contribution in [3.05, 3.63) is 35.4 Å². The van der Waals surface area contributed by atoms with E-state index in [-0.39, 0.29) is 0 Å². The van der Waals surface area contributed by atoms with Crippen LogP contribution in [0.1, 0.15) is 12.5 Å². The molecular weight excluding hydrogens is 172 g/mol. The highest BCUT2D eigenvalue weighted by atomic mass is 19.3. The van der Waals surface area contributed by atoms with Crippen molar-refractivity contribution in [2.24, 2.45) is 0 Å². The van der Waals surface area contributed by atoms with Gasteiger partial charge in [-0.3, -0.25) is 0 Å². The summed E-state index contributed by atoms with van der Waals surface area (Å²) in [4.78, 5) is 0. The predicted octanol–water partition coefficient (Wildman–Crippen LogP) is 2.88. The molecule has 0 unspecified atom stereocenters. The van der Waals surface area contributed by atoms with Crippen LogP contribution >= 0.6 is 0 Å². The van der Waals surface area contributed by atoms with Crippen LogP contribution in [0.5, 0.6) is 0 Å². The first-order valence-corrected chi connectivity index (χ1v) is 3.17. The molecule has 12 heavy (non-hydrogen) atoms. The van der Waals surface area contributed by atoms with Crippen molar-refractivity contribution in [1.29, 1.82) is 0 Å². The molecule has 0 aromatic heterocycles. The molecule has 1 rings (SSSR count). The van der Waals surface area contributed by atoms with Gasteiger partial charge in [0.25, 0.3) is 5.92 Å². The average Bonchev–Trinajstić information content (AvgIpc) is 1.92. The standard InChI is InChI=1S/C8H5F4/c1-8(11,12)5-3-2-4-6(9)7(5)10/h2-3H,1H3. The highest BCUT2D eigenvalue weighted by molar-refractivity contribution is 5.21. The zero-order chi connectivity index (χ0) is 9.35. The molecule has 0 heterocycles. The molecule has 0 fully saturated rings. The number of rotatable bonds is 1. The molecule has 0 aliphatic heterocycles. The molecule has 4 heteroatoms. The SMILES string of the molecule is CC(F)(F)c1cc[c]c(F)c1F. The third kappa shape index (κ3) is 1.57. The summed E-state index contributed by atoms with van der Waals surface area (Å²) >= 11 is 0. The summed E-state index contributed by atoms with van der Waals surface area (Å²) in [7, 11) is 0. The van der Waals surface area contributed by atoms with Gasteiger partial charge in [0.15, 0.2) is 11.6 Å². The zero-order valence-electron chi connectivity index (χ0n) is 6.17. The van der Waals surface area contributed by atoms with Gasteiger partial charge in [0.05, 0.1) is 5.56 Å². The van der Waals surface area contributed by atoms with Gasteiger partial charge in [-0.2, -0.15) is 0 Å². The summed E-state index contributed by atoms with van der Waals surface area (Å²) in [6.45, 7) is 0.505. The molecule has 1 aromatic carbocycles. The molecule has 0 amide bonds. The number of halogens is 4. The minimum Gasteiger partial charge on any atom is -0.203 e. The third-order valence-corrected chi connectivity index (χ3v) is 1.36. The molecule has 65 valence electrons. The van der Waals surface area contributed by atoms with E-state index in [2.05, 4.69) is 0 Å². The molecule has 0 N–H and O–H groups in total. The Balaban J connectivity index is 3.26. The van der Waals surface area contributed by atoms with E-state index >= 15 is 0 Å². The number of hydrogen-bond donors (Lipinski definition) is 0. The Bertz CT molecular complexity index is 288. The molecule has 0 nitrogen and oxygen atoms in total. The molecule has 0 saturated heterocycles. The Hall–Kier alpha value is -1.06. The topological polar surface area (TPSA) is 0 Å². The van der Waals surface area contributed by atoms with E-state index < -0.39 is 23.1 Å². The van der Waals surface area contributed by atoms with Gasteiger partial charge in [-0.1, -0.05) is 6.07 Å². The van der Waals surface area contributed by atoms with Crippen LogP contribution in [0.25, 0.3) is 0 Å². The lowest BCUT2D eigenvalue weighted by Gasteiger charge is -2.10. The maximum atomic E-state index is 12.6. The minimum absolute atomic E-state index is 0.505. The van der Waals surface area contributed by atoms with Crippen LogP contribution < -0.4 is 0 Å². The molecule has 1 aromatic rings. The van der Waals surface area contributed by atoms with E-state index in [1.54, 1.807) is 0 Å². The van der Waals surface area contributed by atoms with Crippen LogP contribution in [0.2, 0.25) is 0 Å². The first-order valence-electron chi connectivity index (χ1n) is 3.17. The van der Waals surface area contributed by atoms with E-state index in [9.17, 15) is 17.6 Å². The normalized spacial score (nSPS) is 11.8. The fourth-order valence-corrected chi connectivity index (χ4v) is 0.792. The van der Waals surface area contributed by atoms with Crippen molar-refractivity contribution in [3.63, 3.8) is 0 Å². The molecule has 0 atom stereocenters. The molecule has 1 radical (unpaired) electrons. The van der Waals surface area contributed by atoms with E-state index in [1.165, 1.54) is 0 Å². The smallest absolute Gasteiger partial charge is 0.203 e. The van der Waals surface area contributed by atoms with Crippen LogP contribution in [0.4, 0.5) is 17.6 Å². The van der Waals surface area contributed by atoms with Gasteiger partial charge in [0, 0.05) is 13.0 Å². The summed E-state index contributed by atoms with van der Waals surface area (Å²) in [5, 5.41) is 0. The van der Waals surface area contributed by atoms with Gasteiger partial charge in [-0.15, -0.1) is 0 Å². The lowest BCUT2D eigenvalue weighted by molar-refractivity contribution is 0.0130. The van der Waals surface area contributed by atoms with Gasteiger partial charge in [-0.05, 0) is 6.07 Å². The quantitative estimate of drug-likeness (QED) is 0.578. The highest BCUT2D eigenvalue weighted by Gasteiger charge is 2.29. The Kier molecular flexibility index (Phi) is 2.08. The summed E-state index contributed by atoms with van der Waals surface area (Å²) < 4.78 is 49.9. The average molecular weight is 177 g/mol. The van der Waals surface area contributed by atoms with Gasteiger partial charge in [0.1, 0.15) is 0 Å². The van der Waals surface area contributed by atoms with E-state index in [0.29, 0.717) is 6.92 Å². The van der Waals surface area contributed by atoms with Crippen molar-refractivity contribution in [3.8, 4) is 0 Å². The molecule has 0 spiro atoms. The zero-order valence-corrected chi connectivity index (χ0v) is 6.17. The molecular formula is C8H5F4. The van der Waals surface area contributed by atoms with Crippen molar-refractivity contribution in [1.82, 2.24) is 0 Å². The number of benzene rings is 1. The van der Waals surface area contributed by atoms with Gasteiger partial charge < -0.3 is 0 Å². The predicted molar refractivity (Wildman–Crippen MR) is 34.8 cm³/mol. The van der Waals surface area contributed by atoms with Crippen LogP contribution in [-0.2, 0) is 5.92 Å². The number of hydrogen-bond acceptors (Lipinski definition) is 0. The maximum absolute atomic E-state index is 12.6. The first-order chi connectivity index (χ1) is 5.43. The van der Waals surface area contributed by atoms with Crippen LogP contribution in [0.15, 0.2) is 12.1 Å². The van der Waals surface area contributed by atoms with Gasteiger partial charge >= 0.3 is 0 Å². The van der Waals surface area contributed by atoms with Crippen molar-refractivity contribution >= 4 is 0 Å². The largest absolute Gasteiger partial charge is 0.273 e. The Morgan fingerprint density at radius 3 is 2.33 bits per heavy atom. The summed E-state index contributed by atoms with van der Waals surface area (Å²) in [6, 6.07) is 3.56. The van der Waals surface area contributed by atoms with Crippen LogP contribution in [-0.4, -0.2) is 0 Å². The Labute approximate surface area is 66.8 Å². The van der Waals surface area contributed by atoms with Crippen molar-refractivity contribution in [2.45, 2.75) is 12.8 Å². The lowest BCUT2D eigenvalue weighted by Crippen LogP contribution is -2.10. The third-order valence-electron chi connectivity index (χ3n) is 1.36. The van der Waals surface area contributed by atoms with Gasteiger partial charge in [-0.25, -0.2) is 17.6 Å². The van der Waals surface area contributed by atoms with Gasteiger partial charge in [0.2, 0.25) is 0 Å². The Morgan fingerprint density at radius 1 is 1.33 bits per heavy atom. The van der Waals surface area contributed by atoms with E-state index in [0.717, 1.165) is 12.1 Å². The van der Waals surface area contributed by atoms with E-state index in [1.807, 2.05) is 6.07 Å². The second kappa shape index (κ2) is 2.77. The second-order valence-corrected chi connectivity index (χ2v) is 2.41. The fourth-order valence-electron chi connectivity index (χ4n) is 0.792. The molecule has 0 aliphatic carbocycles. The molecule has 0 bridgehead atoms. The summed E-state index contributed by atoms with van der Waals surface area (Å²) in [6.07, 6.45) is 0. The molecule has 0 aliphatic rings. The van der Waals surface area contributed by atoms with Crippen molar-refractivity contribution in [2.75, 3.05) is 0 Å². The van der Waals surface area contributed by atoms with E-state index in [4.69, 9.17) is 0 Å². The first kappa shape index (κ1) is 9.03. The van der Waals surface area contributed by atoms with Crippen molar-refractivity contribution < 1.29 is 17.6 Å². The Morgan fingerprint density at radius 2 is 1.92 bits per heavy atom. The summed E-state index contributed by atoms with van der Waals surface area (Å²) in [5.74, 6) is -6.28. The maximum Gasteiger partial charge on any atom is 0.273 e. The minimum atomic E-state index is -3.36. The fraction of sp³-hybridized carbons (Fsp3) is 0.250. The monoisotopic (exact) mass is 177 g/mol. The highest BCUT2D eigenvalue weighted by Crippen LogP contribution is 2.29. The summed E-state index contributed by atoms with van der Waals surface area (Å²) in [5.41, 5.74) is -0.946. The lowest BCUT2D eigenvalue weighted by atomic mass is 10.1. The van der Waals surface area contributed by atoms with Crippen LogP contribution in [0.3, 0.4) is 0 Å². The molecule has 0 saturated carbocycles. The van der Waals surface area contributed by atoms with Crippen LogP contribution in [0, 0.1) is 17.7 Å². The number of alkyl halides is 2. The second-order valence-electron chi connectivity index (χ2n) is 2.41.